The molecule has 3 heteroatoms. The van der Waals surface area contributed by atoms with E-state index in [-0.39, 0.29) is 5.91 Å². The van der Waals surface area contributed by atoms with E-state index in [1.165, 1.54) is 19.3 Å². The molecule has 1 fully saturated rings. The van der Waals surface area contributed by atoms with Crippen molar-refractivity contribution in [1.82, 2.24) is 5.32 Å². The number of hydrogen-bond acceptors (Lipinski definition) is 2. The summed E-state index contributed by atoms with van der Waals surface area (Å²) in [5.41, 5.74) is 1.80. The van der Waals surface area contributed by atoms with Crippen molar-refractivity contribution in [2.45, 2.75) is 52.5 Å². The van der Waals surface area contributed by atoms with Crippen LogP contribution in [0.15, 0.2) is 24.3 Å². The molecule has 0 spiro atoms. The fraction of sp³-hybridized carbons (Fsp3) is 0.611. The van der Waals surface area contributed by atoms with Gasteiger partial charge in [0.1, 0.15) is 0 Å². The van der Waals surface area contributed by atoms with Gasteiger partial charge in [0.15, 0.2) is 0 Å². The Balaban J connectivity index is 1.99. The average molecular weight is 288 g/mol. The Bertz CT molecular complexity index is 462. The summed E-state index contributed by atoms with van der Waals surface area (Å²) in [6, 6.07) is 8.38. The van der Waals surface area contributed by atoms with Crippen LogP contribution in [0.4, 0.5) is 5.69 Å². The number of benzene rings is 1. The van der Waals surface area contributed by atoms with E-state index in [9.17, 15) is 4.79 Å². The van der Waals surface area contributed by atoms with Gasteiger partial charge in [-0.3, -0.25) is 4.79 Å². The van der Waals surface area contributed by atoms with Crippen molar-refractivity contribution in [3.63, 3.8) is 0 Å². The second-order valence-electron chi connectivity index (χ2n) is 6.60. The largest absolute Gasteiger partial charge is 0.382 e. The third kappa shape index (κ3) is 4.76. The molecule has 2 unspecified atom stereocenters. The number of amides is 1. The number of anilines is 1. The highest BCUT2D eigenvalue weighted by Crippen LogP contribution is 2.30. The molecule has 2 N–H and O–H groups in total. The Morgan fingerprint density at radius 3 is 2.57 bits per heavy atom. The Kier molecular flexibility index (Phi) is 5.66. The molecule has 1 aromatic rings. The molecular formula is C18H28N2O. The highest BCUT2D eigenvalue weighted by Gasteiger charge is 2.23. The lowest BCUT2D eigenvalue weighted by Gasteiger charge is -2.32. The van der Waals surface area contributed by atoms with Crippen LogP contribution in [0.25, 0.3) is 0 Å². The molecule has 0 aromatic heterocycles. The summed E-state index contributed by atoms with van der Waals surface area (Å²) in [4.78, 5) is 12.0. The highest BCUT2D eigenvalue weighted by molar-refractivity contribution is 5.95. The fourth-order valence-corrected chi connectivity index (χ4v) is 3.39. The van der Waals surface area contributed by atoms with E-state index in [0.29, 0.717) is 6.04 Å². The van der Waals surface area contributed by atoms with Gasteiger partial charge in [-0.2, -0.15) is 0 Å². The maximum absolute atomic E-state index is 12.0. The number of hydrogen-bond donors (Lipinski definition) is 2. The zero-order valence-electron chi connectivity index (χ0n) is 13.5. The number of rotatable bonds is 5. The molecule has 1 aliphatic rings. The van der Waals surface area contributed by atoms with Crippen LogP contribution < -0.4 is 10.6 Å². The van der Waals surface area contributed by atoms with Crippen molar-refractivity contribution in [2.24, 2.45) is 11.8 Å². The molecule has 21 heavy (non-hydrogen) atoms. The molecule has 2 atom stereocenters. The van der Waals surface area contributed by atoms with E-state index in [1.54, 1.807) is 0 Å². The summed E-state index contributed by atoms with van der Waals surface area (Å²) < 4.78 is 0. The molecule has 0 bridgehead atoms. The third-order valence-electron chi connectivity index (χ3n) is 4.21. The first-order chi connectivity index (χ1) is 10.1. The minimum atomic E-state index is 0.0193. The topological polar surface area (TPSA) is 41.1 Å². The number of carbonyl (C=O) groups is 1. The quantitative estimate of drug-likeness (QED) is 0.857. The molecule has 1 aromatic carbocycles. The van der Waals surface area contributed by atoms with E-state index < -0.39 is 0 Å². The molecule has 1 aliphatic carbocycles. The second-order valence-corrected chi connectivity index (χ2v) is 6.60. The maximum Gasteiger partial charge on any atom is 0.251 e. The fourth-order valence-electron chi connectivity index (χ4n) is 3.39. The summed E-state index contributed by atoms with van der Waals surface area (Å²) in [7, 11) is 0. The summed E-state index contributed by atoms with van der Waals surface area (Å²) in [5.74, 6) is 1.58. The van der Waals surface area contributed by atoms with Gasteiger partial charge in [-0.1, -0.05) is 26.8 Å². The predicted octanol–water partition coefficient (Wildman–Crippen LogP) is 4.06. The second kappa shape index (κ2) is 7.48. The Labute approximate surface area is 128 Å². The van der Waals surface area contributed by atoms with E-state index in [4.69, 9.17) is 0 Å². The maximum atomic E-state index is 12.0. The van der Waals surface area contributed by atoms with Gasteiger partial charge in [0, 0.05) is 23.8 Å². The Hall–Kier alpha value is -1.51. The molecule has 1 amide bonds. The molecule has 0 saturated heterocycles. The van der Waals surface area contributed by atoms with E-state index in [0.717, 1.165) is 36.1 Å². The monoisotopic (exact) mass is 288 g/mol. The van der Waals surface area contributed by atoms with Gasteiger partial charge < -0.3 is 10.6 Å². The van der Waals surface area contributed by atoms with Gasteiger partial charge in [-0.25, -0.2) is 0 Å². The molecule has 3 nitrogen and oxygen atoms in total. The van der Waals surface area contributed by atoms with Crippen molar-refractivity contribution in [1.29, 1.82) is 0 Å². The van der Waals surface area contributed by atoms with E-state index >= 15 is 0 Å². The van der Waals surface area contributed by atoms with Crippen LogP contribution in [0.1, 0.15) is 56.8 Å². The average Bonchev–Trinajstić information content (AvgIpc) is 2.44. The first kappa shape index (κ1) is 15.9. The molecule has 1 saturated carbocycles. The SMILES string of the molecule is CCCNC(=O)c1cccc(NC2CC(C)CC(C)C2)c1. The van der Waals surface area contributed by atoms with Gasteiger partial charge in [-0.05, 0) is 55.7 Å². The van der Waals surface area contributed by atoms with Crippen molar-refractivity contribution in [3.8, 4) is 0 Å². The lowest BCUT2D eigenvalue weighted by Crippen LogP contribution is -2.30. The minimum Gasteiger partial charge on any atom is -0.382 e. The summed E-state index contributed by atoms with van der Waals surface area (Å²) in [6.07, 6.45) is 4.73. The van der Waals surface area contributed by atoms with Gasteiger partial charge in [0.25, 0.3) is 5.91 Å². The summed E-state index contributed by atoms with van der Waals surface area (Å²) in [5, 5.41) is 6.54. The van der Waals surface area contributed by atoms with Gasteiger partial charge in [0.2, 0.25) is 0 Å². The Morgan fingerprint density at radius 1 is 1.19 bits per heavy atom. The lowest BCUT2D eigenvalue weighted by atomic mass is 9.80. The van der Waals surface area contributed by atoms with Crippen LogP contribution in [0.5, 0.6) is 0 Å². The van der Waals surface area contributed by atoms with Gasteiger partial charge in [0.05, 0.1) is 0 Å². The predicted molar refractivity (Wildman–Crippen MR) is 88.7 cm³/mol. The molecular weight excluding hydrogens is 260 g/mol. The van der Waals surface area contributed by atoms with Gasteiger partial charge in [-0.15, -0.1) is 0 Å². The minimum absolute atomic E-state index is 0.0193. The lowest BCUT2D eigenvalue weighted by molar-refractivity contribution is 0.0953. The summed E-state index contributed by atoms with van der Waals surface area (Å²) >= 11 is 0. The molecule has 0 heterocycles. The van der Waals surface area contributed by atoms with Crippen LogP contribution in [0, 0.1) is 11.8 Å². The van der Waals surface area contributed by atoms with Crippen molar-refractivity contribution < 1.29 is 4.79 Å². The van der Waals surface area contributed by atoms with Crippen molar-refractivity contribution >= 4 is 11.6 Å². The van der Waals surface area contributed by atoms with E-state index in [1.807, 2.05) is 18.2 Å². The Morgan fingerprint density at radius 2 is 1.90 bits per heavy atom. The molecule has 0 aliphatic heterocycles. The zero-order chi connectivity index (χ0) is 15.2. The summed E-state index contributed by atoms with van der Waals surface area (Å²) in [6.45, 7) is 7.45. The smallest absolute Gasteiger partial charge is 0.251 e. The van der Waals surface area contributed by atoms with E-state index in [2.05, 4.69) is 37.5 Å². The van der Waals surface area contributed by atoms with Crippen LogP contribution in [0.2, 0.25) is 0 Å². The van der Waals surface area contributed by atoms with Crippen molar-refractivity contribution in [2.75, 3.05) is 11.9 Å². The zero-order valence-corrected chi connectivity index (χ0v) is 13.5. The molecule has 116 valence electrons. The number of carbonyl (C=O) groups excluding carboxylic acids is 1. The highest BCUT2D eigenvalue weighted by atomic mass is 16.1. The molecule has 2 rings (SSSR count). The first-order valence-corrected chi connectivity index (χ1v) is 8.23. The van der Waals surface area contributed by atoms with Crippen LogP contribution in [0.3, 0.4) is 0 Å². The third-order valence-corrected chi connectivity index (χ3v) is 4.21. The van der Waals surface area contributed by atoms with Gasteiger partial charge >= 0.3 is 0 Å². The molecule has 0 radical (unpaired) electrons. The van der Waals surface area contributed by atoms with Crippen LogP contribution in [-0.2, 0) is 0 Å². The first-order valence-electron chi connectivity index (χ1n) is 8.23. The van der Waals surface area contributed by atoms with Crippen LogP contribution >= 0.6 is 0 Å². The number of nitrogens with one attached hydrogen (secondary N) is 2. The standard InChI is InChI=1S/C18H28N2O/c1-4-8-19-18(21)15-6-5-7-16(12-15)20-17-10-13(2)9-14(3)11-17/h5-7,12-14,17,20H,4,8-11H2,1-3H3,(H,19,21). The van der Waals surface area contributed by atoms with Crippen LogP contribution in [-0.4, -0.2) is 18.5 Å². The normalized spacial score (nSPS) is 25.4. The van der Waals surface area contributed by atoms with Crippen molar-refractivity contribution in [3.05, 3.63) is 29.8 Å².